The van der Waals surface area contributed by atoms with Gasteiger partial charge < -0.3 is 10.2 Å². The summed E-state index contributed by atoms with van der Waals surface area (Å²) in [5, 5.41) is 5.96. The van der Waals surface area contributed by atoms with Crippen LogP contribution in [0.25, 0.3) is 10.6 Å². The summed E-state index contributed by atoms with van der Waals surface area (Å²) in [6.07, 6.45) is 0. The molecular formula is C16H21N3OS. The van der Waals surface area contributed by atoms with E-state index in [0.717, 1.165) is 16.3 Å². The Balaban J connectivity index is 2.00. The quantitative estimate of drug-likeness (QED) is 0.924. The maximum Gasteiger partial charge on any atom is 0.251 e. The second-order valence-corrected chi connectivity index (χ2v) is 6.25. The molecule has 0 bridgehead atoms. The monoisotopic (exact) mass is 303 g/mol. The number of hydrogen-bond acceptors (Lipinski definition) is 4. The minimum absolute atomic E-state index is 0.0365. The van der Waals surface area contributed by atoms with Crippen molar-refractivity contribution < 1.29 is 4.79 Å². The molecule has 0 aliphatic carbocycles. The van der Waals surface area contributed by atoms with Crippen LogP contribution in [-0.2, 0) is 0 Å². The lowest BCUT2D eigenvalue weighted by Crippen LogP contribution is -2.38. The van der Waals surface area contributed by atoms with Gasteiger partial charge in [0.1, 0.15) is 5.01 Å². The molecule has 1 aromatic carbocycles. The lowest BCUT2D eigenvalue weighted by atomic mass is 10.1. The van der Waals surface area contributed by atoms with E-state index in [1.54, 1.807) is 11.3 Å². The number of nitrogens with zero attached hydrogens (tertiary/aromatic N) is 2. The Morgan fingerprint density at radius 2 is 2.00 bits per heavy atom. The zero-order chi connectivity index (χ0) is 15.4. The van der Waals surface area contributed by atoms with Crippen molar-refractivity contribution in [3.8, 4) is 10.6 Å². The topological polar surface area (TPSA) is 45.2 Å². The van der Waals surface area contributed by atoms with Gasteiger partial charge in [-0.2, -0.15) is 0 Å². The van der Waals surface area contributed by atoms with Gasteiger partial charge in [-0.3, -0.25) is 4.79 Å². The Hall–Kier alpha value is -1.72. The van der Waals surface area contributed by atoms with Crippen molar-refractivity contribution >= 4 is 17.2 Å². The smallest absolute Gasteiger partial charge is 0.251 e. The summed E-state index contributed by atoms with van der Waals surface area (Å²) >= 11 is 1.62. The fourth-order valence-corrected chi connectivity index (χ4v) is 2.58. The van der Waals surface area contributed by atoms with E-state index in [2.05, 4.69) is 22.1 Å². The largest absolute Gasteiger partial charge is 0.350 e. The molecule has 112 valence electrons. The highest BCUT2D eigenvalue weighted by Gasteiger charge is 2.10. The van der Waals surface area contributed by atoms with Crippen LogP contribution in [0.3, 0.4) is 0 Å². The number of carbonyl (C=O) groups is 1. The molecule has 1 N–H and O–H groups in total. The molecule has 5 heteroatoms. The molecule has 0 spiro atoms. The molecule has 0 saturated heterocycles. The SMILES string of the molecule is Cc1csc(-c2ccc(C(=O)NC[C@@H](C)N(C)C)cc2)n1. The van der Waals surface area contributed by atoms with Crippen LogP contribution in [0.15, 0.2) is 29.6 Å². The normalized spacial score (nSPS) is 12.4. The molecule has 0 unspecified atom stereocenters. The van der Waals surface area contributed by atoms with Crippen LogP contribution in [0.2, 0.25) is 0 Å². The number of aromatic nitrogens is 1. The van der Waals surface area contributed by atoms with Crippen molar-refractivity contribution in [2.75, 3.05) is 20.6 Å². The first-order valence-electron chi connectivity index (χ1n) is 6.94. The number of benzene rings is 1. The second-order valence-electron chi connectivity index (χ2n) is 5.39. The Morgan fingerprint density at radius 1 is 1.33 bits per heavy atom. The van der Waals surface area contributed by atoms with Crippen molar-refractivity contribution in [3.05, 3.63) is 40.9 Å². The number of hydrogen-bond donors (Lipinski definition) is 1. The lowest BCUT2D eigenvalue weighted by Gasteiger charge is -2.19. The predicted molar refractivity (Wildman–Crippen MR) is 87.8 cm³/mol. The molecule has 21 heavy (non-hydrogen) atoms. The molecule has 2 rings (SSSR count). The Labute approximate surface area is 129 Å². The van der Waals surface area contributed by atoms with Crippen molar-refractivity contribution in [2.45, 2.75) is 19.9 Å². The van der Waals surface area contributed by atoms with E-state index in [1.165, 1.54) is 0 Å². The van der Waals surface area contributed by atoms with Crippen molar-refractivity contribution in [2.24, 2.45) is 0 Å². The van der Waals surface area contributed by atoms with Gasteiger partial charge in [-0.15, -0.1) is 11.3 Å². The molecule has 0 aliphatic rings. The van der Waals surface area contributed by atoms with Crippen LogP contribution in [0.1, 0.15) is 23.0 Å². The molecule has 0 radical (unpaired) electrons. The summed E-state index contributed by atoms with van der Waals surface area (Å²) in [4.78, 5) is 18.6. The summed E-state index contributed by atoms with van der Waals surface area (Å²) in [7, 11) is 4.00. The van der Waals surface area contributed by atoms with E-state index < -0.39 is 0 Å². The summed E-state index contributed by atoms with van der Waals surface area (Å²) in [5.74, 6) is -0.0365. The minimum atomic E-state index is -0.0365. The third kappa shape index (κ3) is 4.12. The molecule has 4 nitrogen and oxygen atoms in total. The molecule has 1 heterocycles. The molecule has 1 amide bonds. The van der Waals surface area contributed by atoms with Crippen LogP contribution < -0.4 is 5.32 Å². The first-order valence-corrected chi connectivity index (χ1v) is 7.82. The number of likely N-dealkylation sites (N-methyl/N-ethyl adjacent to an activating group) is 1. The van der Waals surface area contributed by atoms with Gasteiger partial charge in [-0.25, -0.2) is 4.98 Å². The van der Waals surface area contributed by atoms with E-state index in [4.69, 9.17) is 0 Å². The van der Waals surface area contributed by atoms with Gasteiger partial charge in [0.15, 0.2) is 0 Å². The third-order valence-electron chi connectivity index (χ3n) is 3.45. The van der Waals surface area contributed by atoms with Crippen molar-refractivity contribution in [3.63, 3.8) is 0 Å². The standard InChI is InChI=1S/C16H21N3OS/c1-11-10-21-16(18-11)14-7-5-13(6-8-14)15(20)17-9-12(2)19(3)4/h5-8,10,12H,9H2,1-4H3,(H,17,20)/t12-/m1/s1. The summed E-state index contributed by atoms with van der Waals surface area (Å²) in [6, 6.07) is 7.90. The second kappa shape index (κ2) is 6.83. The van der Waals surface area contributed by atoms with E-state index in [0.29, 0.717) is 18.2 Å². The minimum Gasteiger partial charge on any atom is -0.350 e. The average molecular weight is 303 g/mol. The van der Waals surface area contributed by atoms with Gasteiger partial charge >= 0.3 is 0 Å². The maximum absolute atomic E-state index is 12.1. The van der Waals surface area contributed by atoms with Crippen LogP contribution in [-0.4, -0.2) is 42.5 Å². The van der Waals surface area contributed by atoms with Gasteiger partial charge in [0.2, 0.25) is 0 Å². The van der Waals surface area contributed by atoms with Gasteiger partial charge in [0, 0.05) is 34.8 Å². The Kier molecular flexibility index (Phi) is 5.09. The van der Waals surface area contributed by atoms with Crippen molar-refractivity contribution in [1.82, 2.24) is 15.2 Å². The highest BCUT2D eigenvalue weighted by molar-refractivity contribution is 7.13. The fraction of sp³-hybridized carbons (Fsp3) is 0.375. The predicted octanol–water partition coefficient (Wildman–Crippen LogP) is 2.80. The number of amides is 1. The van der Waals surface area contributed by atoms with E-state index in [9.17, 15) is 4.79 Å². The summed E-state index contributed by atoms with van der Waals surface area (Å²) < 4.78 is 0. The lowest BCUT2D eigenvalue weighted by molar-refractivity contribution is 0.0943. The average Bonchev–Trinajstić information content (AvgIpc) is 2.91. The molecule has 1 aromatic heterocycles. The molecular weight excluding hydrogens is 282 g/mol. The molecule has 0 fully saturated rings. The first-order chi connectivity index (χ1) is 9.97. The number of nitrogens with one attached hydrogen (secondary N) is 1. The summed E-state index contributed by atoms with van der Waals surface area (Å²) in [6.45, 7) is 4.70. The van der Waals surface area contributed by atoms with Gasteiger partial charge in [0.25, 0.3) is 5.91 Å². The van der Waals surface area contributed by atoms with Gasteiger partial charge in [-0.05, 0) is 40.1 Å². The van der Waals surface area contributed by atoms with Crippen LogP contribution in [0.5, 0.6) is 0 Å². The Bertz CT molecular complexity index is 604. The zero-order valence-electron chi connectivity index (χ0n) is 12.9. The highest BCUT2D eigenvalue weighted by Crippen LogP contribution is 2.23. The highest BCUT2D eigenvalue weighted by atomic mass is 32.1. The molecule has 1 atom stereocenters. The Morgan fingerprint density at radius 3 is 2.52 bits per heavy atom. The number of rotatable bonds is 5. The van der Waals surface area contributed by atoms with Crippen LogP contribution >= 0.6 is 11.3 Å². The number of aryl methyl sites for hydroxylation is 1. The maximum atomic E-state index is 12.1. The number of carbonyl (C=O) groups excluding carboxylic acids is 1. The van der Waals surface area contributed by atoms with Gasteiger partial charge in [-0.1, -0.05) is 12.1 Å². The van der Waals surface area contributed by atoms with E-state index >= 15 is 0 Å². The number of thiazole rings is 1. The van der Waals surface area contributed by atoms with Crippen molar-refractivity contribution in [1.29, 1.82) is 0 Å². The first kappa shape index (κ1) is 15.7. The zero-order valence-corrected chi connectivity index (χ0v) is 13.7. The van der Waals surface area contributed by atoms with E-state index in [-0.39, 0.29) is 5.91 Å². The third-order valence-corrected chi connectivity index (χ3v) is 4.46. The van der Waals surface area contributed by atoms with Crippen LogP contribution in [0, 0.1) is 6.92 Å². The van der Waals surface area contributed by atoms with Crippen LogP contribution in [0.4, 0.5) is 0 Å². The molecule has 0 saturated carbocycles. The fourth-order valence-electron chi connectivity index (χ4n) is 1.78. The van der Waals surface area contributed by atoms with E-state index in [1.807, 2.05) is 50.7 Å². The summed E-state index contributed by atoms with van der Waals surface area (Å²) in [5.41, 5.74) is 2.75. The molecule has 0 aliphatic heterocycles. The van der Waals surface area contributed by atoms with Gasteiger partial charge in [0.05, 0.1) is 0 Å². The molecule has 2 aromatic rings.